The van der Waals surface area contributed by atoms with Crippen molar-refractivity contribution < 1.29 is 9.50 Å². The van der Waals surface area contributed by atoms with E-state index in [0.717, 1.165) is 12.0 Å². The fourth-order valence-corrected chi connectivity index (χ4v) is 1.72. The minimum absolute atomic E-state index is 0.0645. The second-order valence-electron chi connectivity index (χ2n) is 4.67. The summed E-state index contributed by atoms with van der Waals surface area (Å²) in [6.07, 6.45) is 1.55. The van der Waals surface area contributed by atoms with Crippen molar-refractivity contribution in [1.82, 2.24) is 5.32 Å². The highest BCUT2D eigenvalue weighted by molar-refractivity contribution is 5.34. The molecule has 0 bridgehead atoms. The van der Waals surface area contributed by atoms with Gasteiger partial charge in [-0.25, -0.2) is 4.39 Å². The van der Waals surface area contributed by atoms with Crippen molar-refractivity contribution >= 4 is 0 Å². The van der Waals surface area contributed by atoms with Gasteiger partial charge in [0.1, 0.15) is 11.9 Å². The number of aliphatic hydroxyl groups is 1. The molecule has 1 unspecified atom stereocenters. The van der Waals surface area contributed by atoms with E-state index in [2.05, 4.69) is 5.32 Å². The Labute approximate surface area is 107 Å². The fraction of sp³-hybridized carbons (Fsp3) is 0.500. The van der Waals surface area contributed by atoms with E-state index in [-0.39, 0.29) is 17.7 Å². The molecule has 0 saturated heterocycles. The molecule has 1 atom stereocenters. The van der Waals surface area contributed by atoms with E-state index < -0.39 is 5.82 Å². The second kappa shape index (κ2) is 6.48. The molecule has 0 fully saturated rings. The lowest BCUT2D eigenvalue weighted by atomic mass is 9.94. The Kier molecular flexibility index (Phi) is 5.26. The molecular formula is C14H19FN2O. The van der Waals surface area contributed by atoms with E-state index >= 15 is 0 Å². The van der Waals surface area contributed by atoms with Crippen LogP contribution in [-0.4, -0.2) is 17.3 Å². The molecule has 98 valence electrons. The third kappa shape index (κ3) is 3.80. The second-order valence-corrected chi connectivity index (χ2v) is 4.67. The summed E-state index contributed by atoms with van der Waals surface area (Å²) in [6.45, 7) is 4.77. The van der Waals surface area contributed by atoms with Crippen molar-refractivity contribution in [2.75, 3.05) is 6.61 Å². The molecule has 0 spiro atoms. The lowest BCUT2D eigenvalue weighted by Gasteiger charge is -2.29. The van der Waals surface area contributed by atoms with Crippen LogP contribution in [0.2, 0.25) is 0 Å². The molecule has 1 rings (SSSR count). The highest BCUT2D eigenvalue weighted by Crippen LogP contribution is 2.16. The van der Waals surface area contributed by atoms with E-state index in [1.54, 1.807) is 12.1 Å². The quantitative estimate of drug-likeness (QED) is 0.814. The molecule has 3 nitrogen and oxygen atoms in total. The zero-order valence-corrected chi connectivity index (χ0v) is 10.8. The Hall–Kier alpha value is -1.44. The number of nitriles is 1. The lowest BCUT2D eigenvalue weighted by Crippen LogP contribution is -2.42. The molecule has 1 aromatic rings. The van der Waals surface area contributed by atoms with Gasteiger partial charge in [-0.2, -0.15) is 5.26 Å². The van der Waals surface area contributed by atoms with Crippen LogP contribution in [0.5, 0.6) is 0 Å². The van der Waals surface area contributed by atoms with Crippen molar-refractivity contribution in [2.24, 2.45) is 0 Å². The SMILES string of the molecule is CCC(C)(CCO)NCc1ccc(F)c(C#N)c1. The molecule has 0 amide bonds. The molecular weight excluding hydrogens is 231 g/mol. The van der Waals surface area contributed by atoms with Gasteiger partial charge in [-0.3, -0.25) is 0 Å². The van der Waals surface area contributed by atoms with Crippen LogP contribution in [0.25, 0.3) is 0 Å². The van der Waals surface area contributed by atoms with Crippen LogP contribution >= 0.6 is 0 Å². The topological polar surface area (TPSA) is 56.0 Å². The minimum atomic E-state index is -0.491. The Morgan fingerprint density at radius 1 is 1.50 bits per heavy atom. The van der Waals surface area contributed by atoms with Gasteiger partial charge in [-0.15, -0.1) is 0 Å². The maximum atomic E-state index is 13.2. The highest BCUT2D eigenvalue weighted by atomic mass is 19.1. The van der Waals surface area contributed by atoms with E-state index in [0.29, 0.717) is 13.0 Å². The molecule has 2 N–H and O–H groups in total. The van der Waals surface area contributed by atoms with E-state index in [9.17, 15) is 4.39 Å². The van der Waals surface area contributed by atoms with Crippen LogP contribution in [0.15, 0.2) is 18.2 Å². The summed E-state index contributed by atoms with van der Waals surface area (Å²) in [5, 5.41) is 21.1. The highest BCUT2D eigenvalue weighted by Gasteiger charge is 2.20. The number of benzene rings is 1. The molecule has 0 aromatic heterocycles. The first kappa shape index (κ1) is 14.6. The average molecular weight is 250 g/mol. The van der Waals surface area contributed by atoms with Gasteiger partial charge in [-0.05, 0) is 37.5 Å². The molecule has 0 saturated carbocycles. The fourth-order valence-electron chi connectivity index (χ4n) is 1.72. The van der Waals surface area contributed by atoms with E-state index in [1.807, 2.05) is 19.9 Å². The first-order valence-corrected chi connectivity index (χ1v) is 6.09. The van der Waals surface area contributed by atoms with Crippen molar-refractivity contribution in [1.29, 1.82) is 5.26 Å². The van der Waals surface area contributed by atoms with Crippen LogP contribution in [0.3, 0.4) is 0 Å². The third-order valence-electron chi connectivity index (χ3n) is 3.31. The minimum Gasteiger partial charge on any atom is -0.396 e. The largest absolute Gasteiger partial charge is 0.396 e. The van der Waals surface area contributed by atoms with Gasteiger partial charge >= 0.3 is 0 Å². The van der Waals surface area contributed by atoms with Gasteiger partial charge < -0.3 is 10.4 Å². The van der Waals surface area contributed by atoms with Gasteiger partial charge in [0.05, 0.1) is 5.56 Å². The van der Waals surface area contributed by atoms with Gasteiger partial charge in [0.2, 0.25) is 0 Å². The lowest BCUT2D eigenvalue weighted by molar-refractivity contribution is 0.214. The predicted octanol–water partition coefficient (Wildman–Crippen LogP) is 2.34. The number of hydrogen-bond donors (Lipinski definition) is 2. The van der Waals surface area contributed by atoms with Gasteiger partial charge in [0.25, 0.3) is 0 Å². The van der Waals surface area contributed by atoms with Crippen LogP contribution < -0.4 is 5.32 Å². The normalized spacial score (nSPS) is 13.9. The zero-order valence-electron chi connectivity index (χ0n) is 10.8. The maximum absolute atomic E-state index is 13.2. The monoisotopic (exact) mass is 250 g/mol. The van der Waals surface area contributed by atoms with E-state index in [1.165, 1.54) is 6.07 Å². The number of hydrogen-bond acceptors (Lipinski definition) is 3. The van der Waals surface area contributed by atoms with Crippen molar-refractivity contribution in [2.45, 2.75) is 38.8 Å². The van der Waals surface area contributed by atoms with Crippen molar-refractivity contribution in [3.63, 3.8) is 0 Å². The molecule has 0 aliphatic rings. The summed E-state index contributed by atoms with van der Waals surface area (Å²) < 4.78 is 13.2. The number of halogens is 1. The Bertz CT molecular complexity index is 442. The summed E-state index contributed by atoms with van der Waals surface area (Å²) in [6, 6.07) is 6.36. The van der Waals surface area contributed by atoms with Crippen LogP contribution in [0, 0.1) is 17.1 Å². The van der Waals surface area contributed by atoms with Gasteiger partial charge in [0.15, 0.2) is 0 Å². The molecule has 4 heteroatoms. The summed E-state index contributed by atoms with van der Waals surface area (Å²) in [5.41, 5.74) is 0.788. The van der Waals surface area contributed by atoms with Gasteiger partial charge in [-0.1, -0.05) is 13.0 Å². The summed E-state index contributed by atoms with van der Waals surface area (Å²) in [4.78, 5) is 0. The Balaban J connectivity index is 2.71. The third-order valence-corrected chi connectivity index (χ3v) is 3.31. The summed E-state index contributed by atoms with van der Waals surface area (Å²) >= 11 is 0. The van der Waals surface area contributed by atoms with Crippen molar-refractivity contribution in [3.05, 3.63) is 35.1 Å². The van der Waals surface area contributed by atoms with Crippen molar-refractivity contribution in [3.8, 4) is 6.07 Å². The standard InChI is InChI=1S/C14H19FN2O/c1-3-14(2,6-7-18)17-10-11-4-5-13(15)12(8-11)9-16/h4-5,8,17-18H,3,6-7,10H2,1-2H3. The van der Waals surface area contributed by atoms with Crippen LogP contribution in [0.4, 0.5) is 4.39 Å². The average Bonchev–Trinajstić information content (AvgIpc) is 2.38. The van der Waals surface area contributed by atoms with Gasteiger partial charge in [0, 0.05) is 18.7 Å². The molecule has 0 heterocycles. The first-order valence-electron chi connectivity index (χ1n) is 6.09. The van der Waals surface area contributed by atoms with Crippen LogP contribution in [0.1, 0.15) is 37.8 Å². The molecule has 18 heavy (non-hydrogen) atoms. The zero-order chi connectivity index (χ0) is 13.6. The van der Waals surface area contributed by atoms with Crippen LogP contribution in [-0.2, 0) is 6.54 Å². The van der Waals surface area contributed by atoms with E-state index in [4.69, 9.17) is 10.4 Å². The number of nitrogens with one attached hydrogen (secondary N) is 1. The molecule has 0 aliphatic heterocycles. The summed E-state index contributed by atoms with van der Waals surface area (Å²) in [7, 11) is 0. The first-order chi connectivity index (χ1) is 8.54. The predicted molar refractivity (Wildman–Crippen MR) is 68.4 cm³/mol. The smallest absolute Gasteiger partial charge is 0.140 e. The summed E-state index contributed by atoms with van der Waals surface area (Å²) in [5.74, 6) is -0.491. The maximum Gasteiger partial charge on any atom is 0.140 e. The number of rotatable bonds is 6. The molecule has 0 radical (unpaired) electrons. The molecule has 1 aromatic carbocycles. The molecule has 0 aliphatic carbocycles. The number of aliphatic hydroxyl groups excluding tert-OH is 1. The number of nitrogens with zero attached hydrogens (tertiary/aromatic N) is 1. The Morgan fingerprint density at radius 2 is 2.22 bits per heavy atom. The Morgan fingerprint density at radius 3 is 2.78 bits per heavy atom.